The Morgan fingerprint density at radius 1 is 1.25 bits per heavy atom. The number of nitrogens with zero attached hydrogens (tertiary/aromatic N) is 1. The standard InChI is InChI=1S/C12H18N2.2ClH/c1-11-9-13-7-8-14(11)10-12-5-3-2-4-6-12;;/h2-6,11,13H,7-10H2,1H3;2*1H/t11-;;/m0../s1. The van der Waals surface area contributed by atoms with Gasteiger partial charge in [0.15, 0.2) is 0 Å². The van der Waals surface area contributed by atoms with Gasteiger partial charge < -0.3 is 5.32 Å². The molecule has 1 aliphatic heterocycles. The quantitative estimate of drug-likeness (QED) is 0.881. The molecule has 2 rings (SSSR count). The van der Waals surface area contributed by atoms with E-state index in [0.29, 0.717) is 6.04 Å². The van der Waals surface area contributed by atoms with Crippen LogP contribution in [0.5, 0.6) is 0 Å². The zero-order valence-electron chi connectivity index (χ0n) is 9.56. The predicted octanol–water partition coefficient (Wildman–Crippen LogP) is 2.32. The fraction of sp³-hybridized carbons (Fsp3) is 0.500. The topological polar surface area (TPSA) is 15.3 Å². The Morgan fingerprint density at radius 2 is 1.94 bits per heavy atom. The summed E-state index contributed by atoms with van der Waals surface area (Å²) < 4.78 is 0. The van der Waals surface area contributed by atoms with E-state index in [4.69, 9.17) is 0 Å². The highest BCUT2D eigenvalue weighted by Gasteiger charge is 2.17. The van der Waals surface area contributed by atoms with Crippen LogP contribution < -0.4 is 5.32 Å². The van der Waals surface area contributed by atoms with Gasteiger partial charge in [-0.2, -0.15) is 0 Å². The maximum absolute atomic E-state index is 3.41. The van der Waals surface area contributed by atoms with Crippen molar-refractivity contribution in [1.29, 1.82) is 0 Å². The molecule has 1 fully saturated rings. The summed E-state index contributed by atoms with van der Waals surface area (Å²) in [5.41, 5.74) is 1.42. The van der Waals surface area contributed by atoms with E-state index in [2.05, 4.69) is 47.5 Å². The number of hydrogen-bond donors (Lipinski definition) is 1. The lowest BCUT2D eigenvalue weighted by Gasteiger charge is -2.33. The fourth-order valence-corrected chi connectivity index (χ4v) is 1.94. The fourth-order valence-electron chi connectivity index (χ4n) is 1.94. The van der Waals surface area contributed by atoms with Gasteiger partial charge in [-0.3, -0.25) is 4.90 Å². The van der Waals surface area contributed by atoms with Crippen LogP contribution in [0.15, 0.2) is 30.3 Å². The molecule has 0 spiro atoms. The maximum Gasteiger partial charge on any atom is 0.0237 e. The van der Waals surface area contributed by atoms with Gasteiger partial charge in [-0.15, -0.1) is 24.8 Å². The third kappa shape index (κ3) is 4.30. The Balaban J connectivity index is 0.00000112. The van der Waals surface area contributed by atoms with Gasteiger partial charge in [0.25, 0.3) is 0 Å². The largest absolute Gasteiger partial charge is 0.314 e. The summed E-state index contributed by atoms with van der Waals surface area (Å²) in [5.74, 6) is 0. The lowest BCUT2D eigenvalue weighted by Crippen LogP contribution is -2.49. The first kappa shape index (κ1) is 15.7. The lowest BCUT2D eigenvalue weighted by molar-refractivity contribution is 0.165. The minimum atomic E-state index is 0. The zero-order valence-corrected chi connectivity index (χ0v) is 11.2. The van der Waals surface area contributed by atoms with Crippen LogP contribution in [0.25, 0.3) is 0 Å². The predicted molar refractivity (Wildman–Crippen MR) is 73.7 cm³/mol. The Kier molecular flexibility index (Phi) is 7.77. The summed E-state index contributed by atoms with van der Waals surface area (Å²) in [5, 5.41) is 3.41. The highest BCUT2D eigenvalue weighted by Crippen LogP contribution is 2.09. The van der Waals surface area contributed by atoms with Crippen molar-refractivity contribution in [2.75, 3.05) is 19.6 Å². The molecular weight excluding hydrogens is 243 g/mol. The van der Waals surface area contributed by atoms with Crippen molar-refractivity contribution in [2.24, 2.45) is 0 Å². The molecule has 0 aliphatic carbocycles. The summed E-state index contributed by atoms with van der Waals surface area (Å²) in [6.07, 6.45) is 0. The van der Waals surface area contributed by atoms with E-state index in [1.165, 1.54) is 5.56 Å². The highest BCUT2D eigenvalue weighted by atomic mass is 35.5. The minimum absolute atomic E-state index is 0. The summed E-state index contributed by atoms with van der Waals surface area (Å²) in [7, 11) is 0. The van der Waals surface area contributed by atoms with Crippen LogP contribution in [0, 0.1) is 0 Å². The molecule has 0 aromatic heterocycles. The molecule has 16 heavy (non-hydrogen) atoms. The van der Waals surface area contributed by atoms with Gasteiger partial charge >= 0.3 is 0 Å². The molecule has 0 radical (unpaired) electrons. The van der Waals surface area contributed by atoms with E-state index >= 15 is 0 Å². The van der Waals surface area contributed by atoms with Crippen molar-refractivity contribution in [3.63, 3.8) is 0 Å². The van der Waals surface area contributed by atoms with Crippen molar-refractivity contribution in [1.82, 2.24) is 10.2 Å². The molecule has 1 heterocycles. The molecule has 1 saturated heterocycles. The van der Waals surface area contributed by atoms with Crippen LogP contribution in [-0.4, -0.2) is 30.6 Å². The van der Waals surface area contributed by atoms with Crippen molar-refractivity contribution < 1.29 is 0 Å². The second kappa shape index (κ2) is 7.91. The third-order valence-electron chi connectivity index (χ3n) is 2.87. The average molecular weight is 263 g/mol. The molecule has 1 aromatic carbocycles. The Hall–Kier alpha value is -0.280. The van der Waals surface area contributed by atoms with Crippen LogP contribution in [0.3, 0.4) is 0 Å². The normalized spacial score (nSPS) is 20.7. The molecule has 0 saturated carbocycles. The summed E-state index contributed by atoms with van der Waals surface area (Å²) in [4.78, 5) is 2.53. The molecule has 4 heteroatoms. The second-order valence-electron chi connectivity index (χ2n) is 4.01. The summed E-state index contributed by atoms with van der Waals surface area (Å²) >= 11 is 0. The van der Waals surface area contributed by atoms with Crippen molar-refractivity contribution >= 4 is 24.8 Å². The first-order valence-electron chi connectivity index (χ1n) is 5.35. The van der Waals surface area contributed by atoms with Gasteiger partial charge in [-0.05, 0) is 12.5 Å². The number of hydrogen-bond acceptors (Lipinski definition) is 2. The number of nitrogens with one attached hydrogen (secondary N) is 1. The van der Waals surface area contributed by atoms with Gasteiger partial charge in [-0.25, -0.2) is 0 Å². The Morgan fingerprint density at radius 3 is 2.56 bits per heavy atom. The summed E-state index contributed by atoms with van der Waals surface area (Å²) in [6.45, 7) is 6.78. The van der Waals surface area contributed by atoms with Gasteiger partial charge in [0, 0.05) is 32.2 Å². The van der Waals surface area contributed by atoms with Crippen LogP contribution in [-0.2, 0) is 6.54 Å². The van der Waals surface area contributed by atoms with E-state index in [1.54, 1.807) is 0 Å². The van der Waals surface area contributed by atoms with E-state index in [0.717, 1.165) is 26.2 Å². The van der Waals surface area contributed by atoms with Gasteiger partial charge in [0.1, 0.15) is 0 Å². The van der Waals surface area contributed by atoms with E-state index in [-0.39, 0.29) is 24.8 Å². The molecule has 0 bridgehead atoms. The van der Waals surface area contributed by atoms with Crippen molar-refractivity contribution in [3.05, 3.63) is 35.9 Å². The third-order valence-corrected chi connectivity index (χ3v) is 2.87. The second-order valence-corrected chi connectivity index (χ2v) is 4.01. The molecule has 1 aliphatic rings. The molecule has 0 amide bonds. The Bertz CT molecular complexity index is 280. The minimum Gasteiger partial charge on any atom is -0.314 e. The summed E-state index contributed by atoms with van der Waals surface area (Å²) in [6, 6.07) is 11.4. The molecular formula is C12H20Cl2N2. The lowest BCUT2D eigenvalue weighted by atomic mass is 10.1. The van der Waals surface area contributed by atoms with Gasteiger partial charge in [0.2, 0.25) is 0 Å². The van der Waals surface area contributed by atoms with Crippen molar-refractivity contribution in [3.8, 4) is 0 Å². The zero-order chi connectivity index (χ0) is 9.80. The van der Waals surface area contributed by atoms with Crippen LogP contribution in [0.2, 0.25) is 0 Å². The molecule has 1 N–H and O–H groups in total. The maximum atomic E-state index is 3.41. The van der Waals surface area contributed by atoms with Crippen LogP contribution >= 0.6 is 24.8 Å². The highest BCUT2D eigenvalue weighted by molar-refractivity contribution is 5.85. The van der Waals surface area contributed by atoms with E-state index < -0.39 is 0 Å². The molecule has 2 nitrogen and oxygen atoms in total. The van der Waals surface area contributed by atoms with Crippen molar-refractivity contribution in [2.45, 2.75) is 19.5 Å². The number of rotatable bonds is 2. The molecule has 1 aromatic rings. The molecule has 0 unspecified atom stereocenters. The number of piperazine rings is 1. The SMILES string of the molecule is C[C@H]1CNCCN1Cc1ccccc1.Cl.Cl. The smallest absolute Gasteiger partial charge is 0.0237 e. The molecule has 1 atom stereocenters. The number of benzene rings is 1. The average Bonchev–Trinajstić information content (AvgIpc) is 2.23. The Labute approximate surface area is 110 Å². The first-order chi connectivity index (χ1) is 6.86. The molecule has 92 valence electrons. The first-order valence-corrected chi connectivity index (χ1v) is 5.35. The van der Waals surface area contributed by atoms with E-state index in [9.17, 15) is 0 Å². The number of halogens is 2. The van der Waals surface area contributed by atoms with Crippen LogP contribution in [0.1, 0.15) is 12.5 Å². The monoisotopic (exact) mass is 262 g/mol. The van der Waals surface area contributed by atoms with Gasteiger partial charge in [-0.1, -0.05) is 30.3 Å². The van der Waals surface area contributed by atoms with Gasteiger partial charge in [0.05, 0.1) is 0 Å². The van der Waals surface area contributed by atoms with Crippen LogP contribution in [0.4, 0.5) is 0 Å². The van der Waals surface area contributed by atoms with E-state index in [1.807, 2.05) is 0 Å².